The Bertz CT molecular complexity index is 1070. The fourth-order valence-corrected chi connectivity index (χ4v) is 4.84. The van der Waals surface area contributed by atoms with Gasteiger partial charge in [-0.25, -0.2) is 9.97 Å². The number of amides is 1. The summed E-state index contributed by atoms with van der Waals surface area (Å²) in [5.74, 6) is 0.0608. The molecule has 1 fully saturated rings. The molecule has 0 spiro atoms. The smallest absolute Gasteiger partial charge is 0.263 e. The monoisotopic (exact) mass is 425 g/mol. The summed E-state index contributed by atoms with van der Waals surface area (Å²) in [6.07, 6.45) is 5.19. The predicted octanol–water partition coefficient (Wildman–Crippen LogP) is 5.08. The zero-order valence-electron chi connectivity index (χ0n) is 16.0. The number of halogens is 1. The standard InChI is InChI=1S/C22H20ClN3O2S/c1-14(27)19-8-9-20(29-19)22(28)26-10-4-5-15(12-26)21-17(11-24-13-25-21)16-6-2-3-7-18(16)23/h2-3,6-9,11,13,15H,4-5,10,12H2,1H3/t15-/m1/s1. The van der Waals surface area contributed by atoms with Gasteiger partial charge in [0, 0.05) is 41.4 Å². The first-order chi connectivity index (χ1) is 14.0. The molecule has 0 radical (unpaired) electrons. The van der Waals surface area contributed by atoms with E-state index in [2.05, 4.69) is 9.97 Å². The van der Waals surface area contributed by atoms with Crippen molar-refractivity contribution < 1.29 is 9.59 Å². The molecule has 0 N–H and O–H groups in total. The molecule has 0 aliphatic carbocycles. The van der Waals surface area contributed by atoms with Crippen LogP contribution in [-0.4, -0.2) is 39.6 Å². The Balaban J connectivity index is 1.60. The van der Waals surface area contributed by atoms with E-state index in [9.17, 15) is 9.59 Å². The van der Waals surface area contributed by atoms with E-state index >= 15 is 0 Å². The Labute approximate surface area is 178 Å². The summed E-state index contributed by atoms with van der Waals surface area (Å²) in [6.45, 7) is 2.80. The van der Waals surface area contributed by atoms with Crippen molar-refractivity contribution in [2.45, 2.75) is 25.7 Å². The van der Waals surface area contributed by atoms with Crippen molar-refractivity contribution in [1.29, 1.82) is 0 Å². The van der Waals surface area contributed by atoms with Gasteiger partial charge in [0.2, 0.25) is 0 Å². The van der Waals surface area contributed by atoms with E-state index in [-0.39, 0.29) is 17.6 Å². The average molecular weight is 426 g/mol. The second-order valence-corrected chi connectivity index (χ2v) is 8.60. The van der Waals surface area contributed by atoms with Crippen LogP contribution in [0.2, 0.25) is 5.02 Å². The van der Waals surface area contributed by atoms with Gasteiger partial charge in [-0.3, -0.25) is 9.59 Å². The first-order valence-electron chi connectivity index (χ1n) is 9.49. The molecule has 3 aromatic rings. The van der Waals surface area contributed by atoms with Crippen LogP contribution in [0.25, 0.3) is 11.1 Å². The number of hydrogen-bond donors (Lipinski definition) is 0. The van der Waals surface area contributed by atoms with Crippen LogP contribution >= 0.6 is 22.9 Å². The quantitative estimate of drug-likeness (QED) is 0.547. The summed E-state index contributed by atoms with van der Waals surface area (Å²) >= 11 is 7.67. The van der Waals surface area contributed by atoms with E-state index in [1.807, 2.05) is 29.2 Å². The lowest BCUT2D eigenvalue weighted by atomic mass is 9.90. The van der Waals surface area contributed by atoms with Crippen LogP contribution < -0.4 is 0 Å². The molecule has 1 saturated heterocycles. The molecule has 1 aliphatic heterocycles. The molecule has 0 saturated carbocycles. The third kappa shape index (κ3) is 4.09. The third-order valence-corrected chi connectivity index (χ3v) is 6.67. The van der Waals surface area contributed by atoms with Crippen LogP contribution in [0, 0.1) is 0 Å². The molecule has 2 aromatic heterocycles. The Morgan fingerprint density at radius 3 is 2.69 bits per heavy atom. The van der Waals surface area contributed by atoms with Crippen molar-refractivity contribution in [3.05, 3.63) is 69.4 Å². The highest BCUT2D eigenvalue weighted by Gasteiger charge is 2.29. The minimum atomic E-state index is -0.0273. The Hall–Kier alpha value is -2.57. The fourth-order valence-electron chi connectivity index (χ4n) is 3.73. The molecule has 148 valence electrons. The molecule has 1 amide bonds. The highest BCUT2D eigenvalue weighted by atomic mass is 35.5. The van der Waals surface area contributed by atoms with Gasteiger partial charge in [-0.2, -0.15) is 0 Å². The zero-order valence-corrected chi connectivity index (χ0v) is 17.5. The number of benzene rings is 1. The molecule has 4 rings (SSSR count). The highest BCUT2D eigenvalue weighted by Crippen LogP contribution is 2.36. The van der Waals surface area contributed by atoms with Gasteiger partial charge >= 0.3 is 0 Å². The predicted molar refractivity (Wildman–Crippen MR) is 115 cm³/mol. The minimum absolute atomic E-state index is 0.0177. The topological polar surface area (TPSA) is 63.2 Å². The molecule has 1 aromatic carbocycles. The van der Waals surface area contributed by atoms with Crippen molar-refractivity contribution in [3.8, 4) is 11.1 Å². The van der Waals surface area contributed by atoms with E-state index < -0.39 is 0 Å². The number of ketones is 1. The van der Waals surface area contributed by atoms with Crippen molar-refractivity contribution >= 4 is 34.6 Å². The van der Waals surface area contributed by atoms with Gasteiger partial charge in [0.1, 0.15) is 6.33 Å². The van der Waals surface area contributed by atoms with Gasteiger partial charge in [0.05, 0.1) is 15.4 Å². The molecule has 29 heavy (non-hydrogen) atoms. The summed E-state index contributed by atoms with van der Waals surface area (Å²) in [7, 11) is 0. The molecule has 3 heterocycles. The summed E-state index contributed by atoms with van der Waals surface area (Å²) in [5, 5.41) is 0.655. The Morgan fingerprint density at radius 2 is 1.93 bits per heavy atom. The van der Waals surface area contributed by atoms with E-state index in [4.69, 9.17) is 11.6 Å². The van der Waals surface area contributed by atoms with Gasteiger partial charge in [-0.1, -0.05) is 29.8 Å². The number of rotatable bonds is 4. The zero-order chi connectivity index (χ0) is 20.4. The molecule has 5 nitrogen and oxygen atoms in total. The van der Waals surface area contributed by atoms with Gasteiger partial charge in [0.15, 0.2) is 5.78 Å². The second kappa shape index (κ2) is 8.43. The lowest BCUT2D eigenvalue weighted by Crippen LogP contribution is -2.39. The van der Waals surface area contributed by atoms with E-state index in [0.29, 0.717) is 27.9 Å². The second-order valence-electron chi connectivity index (χ2n) is 7.11. The summed E-state index contributed by atoms with van der Waals surface area (Å²) in [4.78, 5) is 36.4. The van der Waals surface area contributed by atoms with Crippen LogP contribution in [0.4, 0.5) is 0 Å². The number of carbonyl (C=O) groups is 2. The molecule has 1 atom stereocenters. The summed E-state index contributed by atoms with van der Waals surface area (Å²) in [5.41, 5.74) is 2.73. The Morgan fingerprint density at radius 1 is 1.14 bits per heavy atom. The first kappa shape index (κ1) is 19.7. The van der Waals surface area contributed by atoms with Gasteiger partial charge < -0.3 is 4.90 Å². The maximum absolute atomic E-state index is 13.0. The molecule has 7 heteroatoms. The first-order valence-corrected chi connectivity index (χ1v) is 10.7. The Kier molecular flexibility index (Phi) is 5.74. The lowest BCUT2D eigenvalue weighted by molar-refractivity contribution is 0.0711. The maximum Gasteiger partial charge on any atom is 0.263 e. The normalized spacial score (nSPS) is 16.6. The SMILES string of the molecule is CC(=O)c1ccc(C(=O)N2CCC[C@@H](c3ncncc3-c3ccccc3Cl)C2)s1. The third-order valence-electron chi connectivity index (χ3n) is 5.17. The van der Waals surface area contributed by atoms with Crippen molar-refractivity contribution in [2.24, 2.45) is 0 Å². The van der Waals surface area contributed by atoms with Crippen LogP contribution in [0.1, 0.15) is 50.7 Å². The molecule has 0 bridgehead atoms. The van der Waals surface area contributed by atoms with Crippen molar-refractivity contribution in [2.75, 3.05) is 13.1 Å². The van der Waals surface area contributed by atoms with Crippen LogP contribution in [0.15, 0.2) is 48.9 Å². The number of Topliss-reactive ketones (excluding diaryl/α,β-unsaturated/α-hetero) is 1. The van der Waals surface area contributed by atoms with Crippen LogP contribution in [0.5, 0.6) is 0 Å². The van der Waals surface area contributed by atoms with E-state index in [1.165, 1.54) is 18.3 Å². The number of thiophene rings is 1. The lowest BCUT2D eigenvalue weighted by Gasteiger charge is -2.33. The molecular weight excluding hydrogens is 406 g/mol. The average Bonchev–Trinajstić information content (AvgIpc) is 3.24. The number of hydrogen-bond acceptors (Lipinski definition) is 5. The molecule has 0 unspecified atom stereocenters. The molecular formula is C22H20ClN3O2S. The summed E-state index contributed by atoms with van der Waals surface area (Å²) < 4.78 is 0. The maximum atomic E-state index is 13.0. The molecule has 1 aliphatic rings. The summed E-state index contributed by atoms with van der Waals surface area (Å²) in [6, 6.07) is 11.1. The van der Waals surface area contributed by atoms with Crippen molar-refractivity contribution in [1.82, 2.24) is 14.9 Å². The van der Waals surface area contributed by atoms with Crippen molar-refractivity contribution in [3.63, 3.8) is 0 Å². The fraction of sp³-hybridized carbons (Fsp3) is 0.273. The largest absolute Gasteiger partial charge is 0.337 e. The van der Waals surface area contributed by atoms with Crippen LogP contribution in [-0.2, 0) is 0 Å². The number of nitrogens with zero attached hydrogens (tertiary/aromatic N) is 3. The number of likely N-dealkylation sites (tertiary alicyclic amines) is 1. The van der Waals surface area contributed by atoms with Gasteiger partial charge in [-0.05, 0) is 38.0 Å². The van der Waals surface area contributed by atoms with Gasteiger partial charge in [0.25, 0.3) is 5.91 Å². The highest BCUT2D eigenvalue weighted by molar-refractivity contribution is 7.15. The number of carbonyl (C=O) groups excluding carboxylic acids is 2. The minimum Gasteiger partial charge on any atom is -0.337 e. The van der Waals surface area contributed by atoms with E-state index in [0.717, 1.165) is 29.7 Å². The van der Waals surface area contributed by atoms with E-state index in [1.54, 1.807) is 24.7 Å². The van der Waals surface area contributed by atoms with Crippen LogP contribution in [0.3, 0.4) is 0 Å². The number of aromatic nitrogens is 2. The van der Waals surface area contributed by atoms with Gasteiger partial charge in [-0.15, -0.1) is 11.3 Å². The number of piperidine rings is 1.